The number of morpholine rings is 1. The minimum Gasteiger partial charge on any atom is -0.497 e. The molecule has 8 heteroatoms. The highest BCUT2D eigenvalue weighted by molar-refractivity contribution is 5.85. The number of methoxy groups -OCH3 is 1. The molecule has 1 saturated carbocycles. The molecule has 5 rings (SSSR count). The van der Waals surface area contributed by atoms with E-state index in [-0.39, 0.29) is 6.10 Å². The third-order valence-electron chi connectivity index (χ3n) is 6.19. The van der Waals surface area contributed by atoms with Gasteiger partial charge in [0, 0.05) is 55.5 Å². The van der Waals surface area contributed by atoms with E-state index in [0.29, 0.717) is 6.04 Å². The Bertz CT molecular complexity index is 1050. The number of anilines is 2. The Morgan fingerprint density at radius 1 is 0.969 bits per heavy atom. The second kappa shape index (κ2) is 9.56. The van der Waals surface area contributed by atoms with Crippen molar-refractivity contribution in [1.82, 2.24) is 15.0 Å². The fourth-order valence-electron chi connectivity index (χ4n) is 4.45. The first-order valence-electron chi connectivity index (χ1n) is 11.3. The monoisotopic (exact) mass is 435 g/mol. The first-order chi connectivity index (χ1) is 15.8. The molecule has 0 amide bonds. The first kappa shape index (κ1) is 20.8. The van der Waals surface area contributed by atoms with E-state index >= 15 is 0 Å². The zero-order valence-corrected chi connectivity index (χ0v) is 18.4. The normalized spacial score (nSPS) is 21.3. The van der Waals surface area contributed by atoms with Crippen LogP contribution in [0.5, 0.6) is 11.5 Å². The fraction of sp³-hybridized carbons (Fsp3) is 0.458. The highest BCUT2D eigenvalue weighted by Crippen LogP contribution is 2.33. The van der Waals surface area contributed by atoms with Gasteiger partial charge in [-0.1, -0.05) is 0 Å². The van der Waals surface area contributed by atoms with Gasteiger partial charge in [0.05, 0.1) is 31.9 Å². The second-order valence-corrected chi connectivity index (χ2v) is 8.28. The molecule has 168 valence electrons. The van der Waals surface area contributed by atoms with Crippen LogP contribution >= 0.6 is 0 Å². The van der Waals surface area contributed by atoms with Gasteiger partial charge in [0.25, 0.3) is 0 Å². The lowest BCUT2D eigenvalue weighted by atomic mass is 9.93. The van der Waals surface area contributed by atoms with Crippen LogP contribution in [0.15, 0.2) is 42.9 Å². The van der Waals surface area contributed by atoms with Crippen LogP contribution in [0, 0.1) is 0 Å². The lowest BCUT2D eigenvalue weighted by Crippen LogP contribution is -2.36. The van der Waals surface area contributed by atoms with Gasteiger partial charge in [-0.3, -0.25) is 4.98 Å². The van der Waals surface area contributed by atoms with E-state index in [1.165, 1.54) is 0 Å². The molecular weight excluding hydrogens is 406 g/mol. The third kappa shape index (κ3) is 4.70. The van der Waals surface area contributed by atoms with E-state index in [1.807, 2.05) is 12.1 Å². The molecule has 3 aromatic rings. The molecule has 0 radical (unpaired) electrons. The van der Waals surface area contributed by atoms with Crippen LogP contribution in [0.25, 0.3) is 11.0 Å². The highest BCUT2D eigenvalue weighted by Gasteiger charge is 2.24. The molecule has 0 bridgehead atoms. The van der Waals surface area contributed by atoms with Crippen LogP contribution in [0.3, 0.4) is 0 Å². The van der Waals surface area contributed by atoms with Crippen LogP contribution in [0.4, 0.5) is 11.5 Å². The topological polar surface area (TPSA) is 81.6 Å². The minimum absolute atomic E-state index is 0.163. The molecule has 0 unspecified atom stereocenters. The number of aromatic nitrogens is 3. The molecule has 0 spiro atoms. The number of fused-ring (bicyclic) bond motifs is 1. The van der Waals surface area contributed by atoms with Crippen LogP contribution in [-0.2, 0) is 4.74 Å². The molecule has 1 saturated heterocycles. The lowest BCUT2D eigenvalue weighted by Gasteiger charge is -2.31. The minimum atomic E-state index is 0.163. The van der Waals surface area contributed by atoms with Gasteiger partial charge in [0.2, 0.25) is 0 Å². The first-order valence-corrected chi connectivity index (χ1v) is 11.3. The molecule has 1 aromatic carbocycles. The molecule has 1 N–H and O–H groups in total. The Hall–Kier alpha value is -3.13. The Kier molecular flexibility index (Phi) is 6.20. The maximum absolute atomic E-state index is 6.51. The molecule has 8 nitrogen and oxygen atoms in total. The Balaban J connectivity index is 1.26. The van der Waals surface area contributed by atoms with Gasteiger partial charge in [-0.15, -0.1) is 0 Å². The Morgan fingerprint density at radius 2 is 1.78 bits per heavy atom. The fourth-order valence-corrected chi connectivity index (χ4v) is 4.45. The molecule has 0 atom stereocenters. The molecule has 1 aliphatic carbocycles. The van der Waals surface area contributed by atoms with Crippen molar-refractivity contribution in [1.29, 1.82) is 0 Å². The van der Waals surface area contributed by atoms with Gasteiger partial charge < -0.3 is 24.4 Å². The molecule has 2 aromatic heterocycles. The zero-order chi connectivity index (χ0) is 21.8. The largest absolute Gasteiger partial charge is 0.497 e. The number of nitrogens with one attached hydrogen (secondary N) is 1. The second-order valence-electron chi connectivity index (χ2n) is 8.28. The summed E-state index contributed by atoms with van der Waals surface area (Å²) in [6.07, 6.45) is 9.40. The van der Waals surface area contributed by atoms with Gasteiger partial charge in [-0.2, -0.15) is 0 Å². The average molecular weight is 436 g/mol. The van der Waals surface area contributed by atoms with E-state index in [2.05, 4.69) is 37.3 Å². The van der Waals surface area contributed by atoms with Crippen molar-refractivity contribution in [2.75, 3.05) is 43.6 Å². The van der Waals surface area contributed by atoms with Crippen molar-refractivity contribution >= 4 is 22.5 Å². The van der Waals surface area contributed by atoms with Gasteiger partial charge in [-0.25, -0.2) is 9.97 Å². The van der Waals surface area contributed by atoms with E-state index in [1.54, 1.807) is 25.7 Å². The summed E-state index contributed by atoms with van der Waals surface area (Å²) in [7, 11) is 1.67. The number of pyridine rings is 1. The molecular formula is C24H29N5O3. The maximum atomic E-state index is 6.51. The predicted molar refractivity (Wildman–Crippen MR) is 124 cm³/mol. The Morgan fingerprint density at radius 3 is 2.59 bits per heavy atom. The van der Waals surface area contributed by atoms with E-state index in [0.717, 1.165) is 86.0 Å². The van der Waals surface area contributed by atoms with Crippen molar-refractivity contribution in [3.63, 3.8) is 0 Å². The molecule has 2 fully saturated rings. The van der Waals surface area contributed by atoms with Crippen LogP contribution in [0.2, 0.25) is 0 Å². The average Bonchev–Trinajstić information content (AvgIpc) is 2.86. The molecule has 3 heterocycles. The summed E-state index contributed by atoms with van der Waals surface area (Å²) in [6.45, 7) is 3.24. The van der Waals surface area contributed by atoms with Crippen molar-refractivity contribution in [2.24, 2.45) is 0 Å². The van der Waals surface area contributed by atoms with Crippen LogP contribution < -0.4 is 19.7 Å². The summed E-state index contributed by atoms with van der Waals surface area (Å²) in [5.74, 6) is 2.49. The smallest absolute Gasteiger partial charge is 0.149 e. The Labute approximate surface area is 187 Å². The van der Waals surface area contributed by atoms with Crippen molar-refractivity contribution in [3.05, 3.63) is 42.9 Å². The van der Waals surface area contributed by atoms with E-state index in [4.69, 9.17) is 14.2 Å². The van der Waals surface area contributed by atoms with Crippen LogP contribution in [-0.4, -0.2) is 60.5 Å². The molecule has 1 aliphatic heterocycles. The summed E-state index contributed by atoms with van der Waals surface area (Å²) in [5.41, 5.74) is 2.81. The van der Waals surface area contributed by atoms with Crippen molar-refractivity contribution in [2.45, 2.75) is 37.8 Å². The summed E-state index contributed by atoms with van der Waals surface area (Å²) >= 11 is 0. The van der Waals surface area contributed by atoms with Crippen LogP contribution in [0.1, 0.15) is 25.7 Å². The standard InChI is InChI=1S/C24H29N5O3/c1-30-20-6-7-26-23(16-20)28-17-2-4-19(5-3-17)32-22-15-18(29-10-12-31-13-11-29)14-21-24(22)27-9-8-25-21/h6-9,14-17,19H,2-5,10-13H2,1H3,(H,26,28). The van der Waals surface area contributed by atoms with Crippen molar-refractivity contribution in [3.8, 4) is 11.5 Å². The number of benzene rings is 1. The number of hydrogen-bond donors (Lipinski definition) is 1. The van der Waals surface area contributed by atoms with Gasteiger partial charge >= 0.3 is 0 Å². The zero-order valence-electron chi connectivity index (χ0n) is 18.4. The highest BCUT2D eigenvalue weighted by atomic mass is 16.5. The third-order valence-corrected chi connectivity index (χ3v) is 6.19. The number of hydrogen-bond acceptors (Lipinski definition) is 8. The SMILES string of the molecule is COc1ccnc(NC2CCC(Oc3cc(N4CCOCC4)cc4nccnc34)CC2)c1. The maximum Gasteiger partial charge on any atom is 0.149 e. The van der Waals surface area contributed by atoms with Gasteiger partial charge in [0.15, 0.2) is 0 Å². The molecule has 2 aliphatic rings. The summed E-state index contributed by atoms with van der Waals surface area (Å²) in [6, 6.07) is 8.39. The predicted octanol–water partition coefficient (Wildman–Crippen LogP) is 3.67. The summed E-state index contributed by atoms with van der Waals surface area (Å²) in [4.78, 5) is 15.8. The summed E-state index contributed by atoms with van der Waals surface area (Å²) in [5, 5.41) is 3.53. The number of ether oxygens (including phenoxy) is 3. The number of nitrogens with zero attached hydrogens (tertiary/aromatic N) is 4. The van der Waals surface area contributed by atoms with E-state index in [9.17, 15) is 0 Å². The molecule has 32 heavy (non-hydrogen) atoms. The van der Waals surface area contributed by atoms with Gasteiger partial charge in [-0.05, 0) is 37.8 Å². The van der Waals surface area contributed by atoms with E-state index < -0.39 is 0 Å². The van der Waals surface area contributed by atoms with Crippen molar-refractivity contribution < 1.29 is 14.2 Å². The summed E-state index contributed by atoms with van der Waals surface area (Å²) < 4.78 is 17.3. The number of rotatable bonds is 6. The quantitative estimate of drug-likeness (QED) is 0.628. The van der Waals surface area contributed by atoms with Gasteiger partial charge in [0.1, 0.15) is 22.8 Å². The lowest BCUT2D eigenvalue weighted by molar-refractivity contribution is 0.122.